The van der Waals surface area contributed by atoms with E-state index in [1.54, 1.807) is 20.8 Å². The van der Waals surface area contributed by atoms with Crippen molar-refractivity contribution in [3.05, 3.63) is 34.9 Å². The molecule has 0 unspecified atom stereocenters. The predicted molar refractivity (Wildman–Crippen MR) is 57.1 cm³/mol. The molecule has 0 heterocycles. The number of hydrogen-bond acceptors (Lipinski definition) is 1. The molecule has 0 atom stereocenters. The zero-order chi connectivity index (χ0) is 13.4. The van der Waals surface area contributed by atoms with Gasteiger partial charge in [-0.2, -0.15) is 13.2 Å². The van der Waals surface area contributed by atoms with E-state index in [1.807, 2.05) is 0 Å². The third-order valence-corrected chi connectivity index (χ3v) is 2.39. The number of hydrogen-bond donors (Lipinski definition) is 1. The van der Waals surface area contributed by atoms with Crippen molar-refractivity contribution < 1.29 is 23.1 Å². The van der Waals surface area contributed by atoms with Crippen LogP contribution in [0.1, 0.15) is 42.3 Å². The Morgan fingerprint density at radius 1 is 1.18 bits per heavy atom. The first-order valence-electron chi connectivity index (χ1n) is 4.99. The lowest BCUT2D eigenvalue weighted by atomic mass is 9.82. The fraction of sp³-hybridized carbons (Fsp3) is 0.417. The fourth-order valence-electron chi connectivity index (χ4n) is 1.66. The third-order valence-electron chi connectivity index (χ3n) is 2.39. The molecule has 0 amide bonds. The number of carbonyl (C=O) groups is 1. The summed E-state index contributed by atoms with van der Waals surface area (Å²) in [4.78, 5) is 10.8. The van der Waals surface area contributed by atoms with E-state index in [2.05, 4.69) is 0 Å². The van der Waals surface area contributed by atoms with Crippen molar-refractivity contribution in [3.8, 4) is 0 Å². The molecule has 94 valence electrons. The second-order valence-electron chi connectivity index (χ2n) is 4.78. The molecule has 0 fully saturated rings. The number of aromatic carboxylic acids is 1. The molecule has 5 heteroatoms. The van der Waals surface area contributed by atoms with Crippen LogP contribution in [0.15, 0.2) is 18.2 Å². The highest BCUT2D eigenvalue weighted by Crippen LogP contribution is 2.39. The maximum absolute atomic E-state index is 12.9. The van der Waals surface area contributed by atoms with Crippen molar-refractivity contribution in [2.24, 2.45) is 0 Å². The molecule has 1 aromatic carbocycles. The molecule has 0 radical (unpaired) electrons. The van der Waals surface area contributed by atoms with E-state index < -0.39 is 28.7 Å². The Hall–Kier alpha value is -1.52. The van der Waals surface area contributed by atoms with Gasteiger partial charge in [0.15, 0.2) is 0 Å². The van der Waals surface area contributed by atoms with Gasteiger partial charge in [-0.25, -0.2) is 4.79 Å². The van der Waals surface area contributed by atoms with E-state index in [0.29, 0.717) is 0 Å². The smallest absolute Gasteiger partial charge is 0.417 e. The maximum Gasteiger partial charge on any atom is 0.417 e. The predicted octanol–water partition coefficient (Wildman–Crippen LogP) is 3.70. The van der Waals surface area contributed by atoms with Gasteiger partial charge in [0.1, 0.15) is 0 Å². The van der Waals surface area contributed by atoms with Crippen LogP contribution in [-0.2, 0) is 11.6 Å². The minimum atomic E-state index is -4.67. The molecule has 0 saturated heterocycles. The Morgan fingerprint density at radius 3 is 2.06 bits per heavy atom. The summed E-state index contributed by atoms with van der Waals surface area (Å²) in [6, 6.07) is 3.62. The Kier molecular flexibility index (Phi) is 3.23. The van der Waals surface area contributed by atoms with Gasteiger partial charge >= 0.3 is 12.1 Å². The van der Waals surface area contributed by atoms with Gasteiger partial charge in [0, 0.05) is 0 Å². The highest BCUT2D eigenvalue weighted by atomic mass is 19.4. The molecule has 1 rings (SSSR count). The van der Waals surface area contributed by atoms with Crippen molar-refractivity contribution in [1.29, 1.82) is 0 Å². The fourth-order valence-corrected chi connectivity index (χ4v) is 1.66. The Bertz CT molecular complexity index is 442. The average Bonchev–Trinajstić information content (AvgIpc) is 2.13. The van der Waals surface area contributed by atoms with E-state index in [4.69, 9.17) is 5.11 Å². The molecule has 0 aromatic heterocycles. The number of carboxylic acid groups (broad SMARTS) is 1. The molecule has 0 aliphatic rings. The summed E-state index contributed by atoms with van der Waals surface area (Å²) in [6.07, 6.45) is -4.67. The normalized spacial score (nSPS) is 12.6. The summed E-state index contributed by atoms with van der Waals surface area (Å²) in [5.41, 5.74) is -2.54. The summed E-state index contributed by atoms with van der Waals surface area (Å²) in [5, 5.41) is 8.82. The van der Waals surface area contributed by atoms with Crippen LogP contribution in [0.25, 0.3) is 0 Å². The van der Waals surface area contributed by atoms with Gasteiger partial charge in [0.05, 0.1) is 11.1 Å². The van der Waals surface area contributed by atoms with Crippen LogP contribution in [0.2, 0.25) is 0 Å². The van der Waals surface area contributed by atoms with Crippen LogP contribution in [-0.4, -0.2) is 11.1 Å². The molecule has 0 spiro atoms. The van der Waals surface area contributed by atoms with Crippen LogP contribution in [0.4, 0.5) is 13.2 Å². The first kappa shape index (κ1) is 13.5. The average molecular weight is 246 g/mol. The SMILES string of the molecule is CC(C)(C)c1cccc(C(=O)O)c1C(F)(F)F. The Morgan fingerprint density at radius 2 is 1.71 bits per heavy atom. The van der Waals surface area contributed by atoms with Gasteiger partial charge in [-0.3, -0.25) is 0 Å². The second-order valence-corrected chi connectivity index (χ2v) is 4.78. The van der Waals surface area contributed by atoms with Crippen molar-refractivity contribution in [2.75, 3.05) is 0 Å². The van der Waals surface area contributed by atoms with E-state index in [1.165, 1.54) is 12.1 Å². The molecule has 0 saturated carbocycles. The minimum absolute atomic E-state index is 0.00935. The molecule has 1 N–H and O–H groups in total. The van der Waals surface area contributed by atoms with E-state index >= 15 is 0 Å². The van der Waals surface area contributed by atoms with Gasteiger partial charge in [0.2, 0.25) is 0 Å². The number of alkyl halides is 3. The van der Waals surface area contributed by atoms with Crippen molar-refractivity contribution in [2.45, 2.75) is 32.4 Å². The summed E-state index contributed by atoms with van der Waals surface area (Å²) in [6.45, 7) is 4.84. The molecule has 0 aliphatic carbocycles. The van der Waals surface area contributed by atoms with Crippen LogP contribution in [0.5, 0.6) is 0 Å². The third kappa shape index (κ3) is 2.78. The number of rotatable bonds is 1. The van der Waals surface area contributed by atoms with Gasteiger partial charge in [0.25, 0.3) is 0 Å². The molecule has 0 bridgehead atoms. The Labute approximate surface area is 97.1 Å². The molecule has 0 aliphatic heterocycles. The summed E-state index contributed by atoms with van der Waals surface area (Å²) in [5.74, 6) is -1.57. The van der Waals surface area contributed by atoms with Gasteiger partial charge in [-0.05, 0) is 17.0 Å². The number of benzene rings is 1. The quantitative estimate of drug-likeness (QED) is 0.820. The Balaban J connectivity index is 3.64. The summed E-state index contributed by atoms with van der Waals surface area (Å²) < 4.78 is 38.8. The first-order chi connectivity index (χ1) is 7.55. The van der Waals surface area contributed by atoms with E-state index in [-0.39, 0.29) is 5.56 Å². The van der Waals surface area contributed by atoms with Crippen molar-refractivity contribution in [3.63, 3.8) is 0 Å². The lowest BCUT2D eigenvalue weighted by Gasteiger charge is -2.25. The molecule has 2 nitrogen and oxygen atoms in total. The molecular formula is C12H13F3O2. The van der Waals surface area contributed by atoms with E-state index in [0.717, 1.165) is 6.07 Å². The van der Waals surface area contributed by atoms with Crippen molar-refractivity contribution >= 4 is 5.97 Å². The number of halogens is 3. The van der Waals surface area contributed by atoms with Crippen molar-refractivity contribution in [1.82, 2.24) is 0 Å². The summed E-state index contributed by atoms with van der Waals surface area (Å²) in [7, 11) is 0. The molecular weight excluding hydrogens is 233 g/mol. The van der Waals surface area contributed by atoms with Crippen LogP contribution in [0, 0.1) is 0 Å². The first-order valence-corrected chi connectivity index (χ1v) is 4.99. The van der Waals surface area contributed by atoms with Crippen LogP contribution < -0.4 is 0 Å². The molecule has 1 aromatic rings. The van der Waals surface area contributed by atoms with Gasteiger partial charge in [-0.1, -0.05) is 32.9 Å². The minimum Gasteiger partial charge on any atom is -0.478 e. The second kappa shape index (κ2) is 4.05. The number of carboxylic acids is 1. The monoisotopic (exact) mass is 246 g/mol. The zero-order valence-corrected chi connectivity index (χ0v) is 9.72. The topological polar surface area (TPSA) is 37.3 Å². The highest BCUT2D eigenvalue weighted by molar-refractivity contribution is 5.90. The van der Waals surface area contributed by atoms with Crippen LogP contribution in [0.3, 0.4) is 0 Å². The van der Waals surface area contributed by atoms with E-state index in [9.17, 15) is 18.0 Å². The summed E-state index contributed by atoms with van der Waals surface area (Å²) >= 11 is 0. The highest BCUT2D eigenvalue weighted by Gasteiger charge is 2.40. The zero-order valence-electron chi connectivity index (χ0n) is 9.72. The van der Waals surface area contributed by atoms with Gasteiger partial charge in [-0.15, -0.1) is 0 Å². The lowest BCUT2D eigenvalue weighted by molar-refractivity contribution is -0.139. The van der Waals surface area contributed by atoms with Gasteiger partial charge < -0.3 is 5.11 Å². The maximum atomic E-state index is 12.9. The standard InChI is InChI=1S/C12H13F3O2/c1-11(2,3)8-6-4-5-7(10(16)17)9(8)12(13,14)15/h4-6H,1-3H3,(H,16,17). The largest absolute Gasteiger partial charge is 0.478 e. The lowest BCUT2D eigenvalue weighted by Crippen LogP contribution is -2.22. The molecule has 17 heavy (non-hydrogen) atoms. The van der Waals surface area contributed by atoms with Crippen LogP contribution >= 0.6 is 0 Å².